The third kappa shape index (κ3) is 4.36. The Bertz CT molecular complexity index is 419. The number of hydrogen-bond acceptors (Lipinski definition) is 3. The fraction of sp³-hybridized carbons (Fsp3) is 0.529. The summed E-state index contributed by atoms with van der Waals surface area (Å²) in [5, 5.41) is 13.4. The lowest BCUT2D eigenvalue weighted by Gasteiger charge is -2.27. The average molecular weight is 275 g/mol. The van der Waals surface area contributed by atoms with Gasteiger partial charge in [-0.1, -0.05) is 43.7 Å². The Morgan fingerprint density at radius 2 is 2.10 bits per heavy atom. The Balaban J connectivity index is 1.82. The number of nitrogens with one attached hydrogen (secondary N) is 1. The van der Waals surface area contributed by atoms with E-state index in [4.69, 9.17) is 4.74 Å². The van der Waals surface area contributed by atoms with Gasteiger partial charge in [-0.25, -0.2) is 0 Å². The van der Waals surface area contributed by atoms with Crippen molar-refractivity contribution in [1.29, 1.82) is 0 Å². The summed E-state index contributed by atoms with van der Waals surface area (Å²) in [4.78, 5) is 0. The molecule has 1 saturated carbocycles. The molecular formula is C17H25NO2. The molecule has 1 aromatic rings. The van der Waals surface area contributed by atoms with Gasteiger partial charge in [0.25, 0.3) is 0 Å². The van der Waals surface area contributed by atoms with Crippen molar-refractivity contribution in [2.45, 2.75) is 38.3 Å². The van der Waals surface area contributed by atoms with Crippen LogP contribution in [0.4, 0.5) is 0 Å². The summed E-state index contributed by atoms with van der Waals surface area (Å²) in [7, 11) is 0. The lowest BCUT2D eigenvalue weighted by molar-refractivity contribution is 0.0695. The Morgan fingerprint density at radius 3 is 2.90 bits per heavy atom. The zero-order valence-corrected chi connectivity index (χ0v) is 12.1. The van der Waals surface area contributed by atoms with Gasteiger partial charge in [0.05, 0.1) is 6.10 Å². The molecule has 0 amide bonds. The molecule has 0 bridgehead atoms. The molecule has 3 heteroatoms. The molecule has 3 nitrogen and oxygen atoms in total. The van der Waals surface area contributed by atoms with Crippen molar-refractivity contribution in [2.24, 2.45) is 5.92 Å². The number of hydrogen-bond donors (Lipinski definition) is 2. The van der Waals surface area contributed by atoms with Crippen LogP contribution >= 0.6 is 0 Å². The van der Waals surface area contributed by atoms with Crippen LogP contribution in [0.15, 0.2) is 36.9 Å². The minimum Gasteiger partial charge on any atom is -0.489 e. The molecule has 2 atom stereocenters. The van der Waals surface area contributed by atoms with E-state index in [-0.39, 0.29) is 6.10 Å². The number of aliphatic hydroxyl groups is 1. The second-order valence-electron chi connectivity index (χ2n) is 5.45. The van der Waals surface area contributed by atoms with Gasteiger partial charge in [-0.05, 0) is 24.8 Å². The molecule has 0 aromatic heterocycles. The van der Waals surface area contributed by atoms with Gasteiger partial charge in [-0.2, -0.15) is 0 Å². The van der Waals surface area contributed by atoms with E-state index in [0.717, 1.165) is 43.7 Å². The van der Waals surface area contributed by atoms with E-state index < -0.39 is 0 Å². The summed E-state index contributed by atoms with van der Waals surface area (Å²) in [5.41, 5.74) is 1.15. The smallest absolute Gasteiger partial charge is 0.124 e. The molecule has 0 aliphatic heterocycles. The summed E-state index contributed by atoms with van der Waals surface area (Å²) < 4.78 is 5.64. The van der Waals surface area contributed by atoms with Crippen LogP contribution in [0.5, 0.6) is 5.75 Å². The second kappa shape index (κ2) is 8.08. The molecule has 2 unspecified atom stereocenters. The van der Waals surface area contributed by atoms with Crippen LogP contribution in [0, 0.1) is 5.92 Å². The average Bonchev–Trinajstić information content (AvgIpc) is 2.48. The van der Waals surface area contributed by atoms with Gasteiger partial charge in [0.2, 0.25) is 0 Å². The fourth-order valence-corrected chi connectivity index (χ4v) is 2.76. The molecule has 1 aliphatic rings. The Hall–Kier alpha value is -1.32. The molecule has 20 heavy (non-hydrogen) atoms. The maximum atomic E-state index is 9.96. The highest BCUT2D eigenvalue weighted by Gasteiger charge is 2.22. The van der Waals surface area contributed by atoms with Crippen molar-refractivity contribution >= 4 is 0 Å². The van der Waals surface area contributed by atoms with Crippen LogP contribution in [0.3, 0.4) is 0 Å². The first-order valence-electron chi connectivity index (χ1n) is 7.51. The van der Waals surface area contributed by atoms with E-state index in [9.17, 15) is 5.11 Å². The van der Waals surface area contributed by atoms with Gasteiger partial charge in [0.1, 0.15) is 12.4 Å². The maximum absolute atomic E-state index is 9.96. The first-order valence-corrected chi connectivity index (χ1v) is 7.51. The van der Waals surface area contributed by atoms with Gasteiger partial charge < -0.3 is 15.2 Å². The van der Waals surface area contributed by atoms with Crippen LogP contribution < -0.4 is 10.1 Å². The fourth-order valence-electron chi connectivity index (χ4n) is 2.76. The SMILES string of the molecule is C=CCOc1ccccc1CNCC1CCCCC1O. The van der Waals surface area contributed by atoms with Crippen LogP contribution in [0.25, 0.3) is 0 Å². The third-order valence-electron chi connectivity index (χ3n) is 3.92. The lowest BCUT2D eigenvalue weighted by Crippen LogP contribution is -2.33. The molecule has 1 aliphatic carbocycles. The van der Waals surface area contributed by atoms with Gasteiger partial charge >= 0.3 is 0 Å². The van der Waals surface area contributed by atoms with Crippen molar-refractivity contribution in [1.82, 2.24) is 5.32 Å². The number of ether oxygens (including phenoxy) is 1. The molecule has 0 saturated heterocycles. The predicted octanol–water partition coefficient (Wildman–Crippen LogP) is 2.89. The normalized spacial score (nSPS) is 22.4. The number of aliphatic hydroxyl groups excluding tert-OH is 1. The Morgan fingerprint density at radius 1 is 1.30 bits per heavy atom. The lowest BCUT2D eigenvalue weighted by atomic mass is 9.86. The van der Waals surface area contributed by atoms with Gasteiger partial charge in [-0.15, -0.1) is 0 Å². The molecule has 2 N–H and O–H groups in total. The number of para-hydroxylation sites is 1. The van der Waals surface area contributed by atoms with Gasteiger partial charge in [0, 0.05) is 18.7 Å². The highest BCUT2D eigenvalue weighted by Crippen LogP contribution is 2.24. The monoisotopic (exact) mass is 275 g/mol. The van der Waals surface area contributed by atoms with E-state index in [1.807, 2.05) is 18.2 Å². The highest BCUT2D eigenvalue weighted by molar-refractivity contribution is 5.33. The molecule has 110 valence electrons. The summed E-state index contributed by atoms with van der Waals surface area (Å²) in [5.74, 6) is 1.30. The molecule has 2 rings (SSSR count). The standard InChI is InChI=1S/C17H25NO2/c1-2-11-20-17-10-6-4-8-15(17)13-18-12-14-7-3-5-9-16(14)19/h2,4,6,8,10,14,16,18-19H,1,3,5,7,9,11-13H2. The van der Waals surface area contributed by atoms with Crippen molar-refractivity contribution in [3.8, 4) is 5.75 Å². The van der Waals surface area contributed by atoms with Gasteiger partial charge in [-0.3, -0.25) is 0 Å². The van der Waals surface area contributed by atoms with Crippen LogP contribution in [-0.2, 0) is 6.54 Å². The predicted molar refractivity (Wildman–Crippen MR) is 81.8 cm³/mol. The minimum absolute atomic E-state index is 0.136. The summed E-state index contributed by atoms with van der Waals surface area (Å²) in [6.45, 7) is 5.84. The maximum Gasteiger partial charge on any atom is 0.124 e. The third-order valence-corrected chi connectivity index (χ3v) is 3.92. The van der Waals surface area contributed by atoms with Crippen molar-refractivity contribution in [2.75, 3.05) is 13.2 Å². The van der Waals surface area contributed by atoms with E-state index in [2.05, 4.69) is 18.0 Å². The summed E-state index contributed by atoms with van der Waals surface area (Å²) in [6.07, 6.45) is 6.10. The van der Waals surface area contributed by atoms with E-state index in [1.54, 1.807) is 6.08 Å². The highest BCUT2D eigenvalue weighted by atomic mass is 16.5. The largest absolute Gasteiger partial charge is 0.489 e. The zero-order chi connectivity index (χ0) is 14.2. The molecule has 0 radical (unpaired) electrons. The van der Waals surface area contributed by atoms with Crippen molar-refractivity contribution < 1.29 is 9.84 Å². The second-order valence-corrected chi connectivity index (χ2v) is 5.45. The first-order chi connectivity index (χ1) is 9.81. The minimum atomic E-state index is -0.136. The molecular weight excluding hydrogens is 250 g/mol. The van der Waals surface area contributed by atoms with Crippen LogP contribution in [0.1, 0.15) is 31.2 Å². The van der Waals surface area contributed by atoms with Gasteiger partial charge in [0.15, 0.2) is 0 Å². The van der Waals surface area contributed by atoms with Crippen LogP contribution in [-0.4, -0.2) is 24.4 Å². The number of benzene rings is 1. The van der Waals surface area contributed by atoms with E-state index in [0.29, 0.717) is 12.5 Å². The number of rotatable bonds is 7. The summed E-state index contributed by atoms with van der Waals surface area (Å²) >= 11 is 0. The first kappa shape index (κ1) is 15.1. The van der Waals surface area contributed by atoms with Crippen molar-refractivity contribution in [3.05, 3.63) is 42.5 Å². The molecule has 1 aromatic carbocycles. The Kier molecular flexibility index (Phi) is 6.09. The quantitative estimate of drug-likeness (QED) is 0.752. The molecule has 0 spiro atoms. The molecule has 0 heterocycles. The Labute approximate surface area is 121 Å². The molecule has 1 fully saturated rings. The van der Waals surface area contributed by atoms with E-state index >= 15 is 0 Å². The van der Waals surface area contributed by atoms with Crippen molar-refractivity contribution in [3.63, 3.8) is 0 Å². The van der Waals surface area contributed by atoms with Crippen LogP contribution in [0.2, 0.25) is 0 Å². The topological polar surface area (TPSA) is 41.5 Å². The van der Waals surface area contributed by atoms with E-state index in [1.165, 1.54) is 6.42 Å². The zero-order valence-electron chi connectivity index (χ0n) is 12.1. The summed E-state index contributed by atoms with van der Waals surface area (Å²) in [6, 6.07) is 8.05.